The number of hydrogen-bond donors (Lipinski definition) is 0. The highest BCUT2D eigenvalue weighted by molar-refractivity contribution is 7.87. The second-order valence-electron chi connectivity index (χ2n) is 4.89. The maximum Gasteiger partial charge on any atom is 0.321 e. The zero-order chi connectivity index (χ0) is 14.7. The van der Waals surface area contributed by atoms with Crippen molar-refractivity contribution in [3.8, 4) is 0 Å². The van der Waals surface area contributed by atoms with Gasteiger partial charge in [-0.2, -0.15) is 8.42 Å². The highest BCUT2D eigenvalue weighted by Crippen LogP contribution is 2.18. The normalized spacial score (nSPS) is 13.2. The van der Waals surface area contributed by atoms with Gasteiger partial charge in [0.15, 0.2) is 0 Å². The molecule has 19 heavy (non-hydrogen) atoms. The van der Waals surface area contributed by atoms with Crippen molar-refractivity contribution in [3.05, 3.63) is 0 Å². The number of carbonyl (C=O) groups is 1. The summed E-state index contributed by atoms with van der Waals surface area (Å²) < 4.78 is 28.3. The maximum atomic E-state index is 11.9. The fraction of sp³-hybridized carbons (Fsp3) is 0.929. The Labute approximate surface area is 118 Å². The largest absolute Gasteiger partial charge is 0.346 e. The molecule has 114 valence electrons. The summed E-state index contributed by atoms with van der Waals surface area (Å²) in [4.78, 5) is 11.1. The molecule has 5 heteroatoms. The van der Waals surface area contributed by atoms with E-state index in [0.29, 0.717) is 12.8 Å². The van der Waals surface area contributed by atoms with Crippen LogP contribution >= 0.6 is 0 Å². The van der Waals surface area contributed by atoms with Crippen LogP contribution in [0.25, 0.3) is 0 Å². The highest BCUT2D eigenvalue weighted by atomic mass is 32.2. The van der Waals surface area contributed by atoms with Gasteiger partial charge < -0.3 is 4.18 Å². The van der Waals surface area contributed by atoms with Crippen molar-refractivity contribution in [1.82, 2.24) is 0 Å². The number of unbranched alkanes of at least 4 members (excludes halogenated alkanes) is 5. The molecule has 1 unspecified atom stereocenters. The zero-order valence-corrected chi connectivity index (χ0v) is 13.3. The van der Waals surface area contributed by atoms with Crippen molar-refractivity contribution >= 4 is 16.1 Å². The Morgan fingerprint density at radius 2 is 1.58 bits per heavy atom. The Balaban J connectivity index is 4.08. The lowest BCUT2D eigenvalue weighted by Gasteiger charge is -2.14. The van der Waals surface area contributed by atoms with Gasteiger partial charge in [0, 0.05) is 6.42 Å². The molecule has 4 nitrogen and oxygen atoms in total. The average Bonchev–Trinajstić information content (AvgIpc) is 2.37. The molecule has 0 aliphatic carbocycles. The zero-order valence-electron chi connectivity index (χ0n) is 12.5. The third kappa shape index (κ3) is 8.24. The van der Waals surface area contributed by atoms with Gasteiger partial charge in [-0.25, -0.2) is 0 Å². The van der Waals surface area contributed by atoms with Crippen LogP contribution in [0.5, 0.6) is 0 Å². The van der Waals surface area contributed by atoms with E-state index in [1.54, 1.807) is 6.92 Å². The van der Waals surface area contributed by atoms with Crippen LogP contribution in [-0.2, 0) is 19.1 Å². The maximum absolute atomic E-state index is 11.9. The van der Waals surface area contributed by atoms with Crippen LogP contribution in [0.1, 0.15) is 78.6 Å². The van der Waals surface area contributed by atoms with Crippen molar-refractivity contribution in [2.75, 3.05) is 0 Å². The van der Waals surface area contributed by atoms with E-state index in [4.69, 9.17) is 0 Å². The first-order chi connectivity index (χ1) is 8.97. The minimum Gasteiger partial charge on any atom is -0.346 e. The minimum atomic E-state index is -3.73. The lowest BCUT2D eigenvalue weighted by Crippen LogP contribution is -2.25. The fourth-order valence-corrected chi connectivity index (χ4v) is 3.34. The van der Waals surface area contributed by atoms with Crippen LogP contribution in [0.2, 0.25) is 0 Å². The molecule has 0 amide bonds. The van der Waals surface area contributed by atoms with Gasteiger partial charge in [0.1, 0.15) is 0 Å². The van der Waals surface area contributed by atoms with Gasteiger partial charge in [-0.05, 0) is 12.8 Å². The summed E-state index contributed by atoms with van der Waals surface area (Å²) in [6.45, 7) is 5.58. The van der Waals surface area contributed by atoms with Crippen molar-refractivity contribution in [3.63, 3.8) is 0 Å². The third-order valence-electron chi connectivity index (χ3n) is 3.24. The minimum absolute atomic E-state index is 0.0900. The first-order valence-corrected chi connectivity index (χ1v) is 8.91. The number of rotatable bonds is 11. The van der Waals surface area contributed by atoms with Gasteiger partial charge in [-0.15, -0.1) is 0 Å². The standard InChI is InChI=1S/C14H28O4S/c1-4-7-8-9-10-11-12-13(5-2)19(16,17)18-14(15)6-3/h13H,4-12H2,1-3H3. The molecule has 0 aliphatic heterocycles. The van der Waals surface area contributed by atoms with E-state index < -0.39 is 21.3 Å². The van der Waals surface area contributed by atoms with Crippen molar-refractivity contribution in [1.29, 1.82) is 0 Å². The summed E-state index contributed by atoms with van der Waals surface area (Å²) in [6.07, 6.45) is 7.91. The number of hydrogen-bond acceptors (Lipinski definition) is 4. The Hall–Kier alpha value is -0.580. The van der Waals surface area contributed by atoms with E-state index in [2.05, 4.69) is 11.1 Å². The topological polar surface area (TPSA) is 60.4 Å². The lowest BCUT2D eigenvalue weighted by atomic mass is 10.1. The first kappa shape index (κ1) is 18.4. The predicted molar refractivity (Wildman–Crippen MR) is 77.4 cm³/mol. The van der Waals surface area contributed by atoms with Crippen LogP contribution in [-0.4, -0.2) is 19.6 Å². The van der Waals surface area contributed by atoms with Crippen molar-refractivity contribution in [2.45, 2.75) is 83.8 Å². The van der Waals surface area contributed by atoms with Crippen LogP contribution in [0, 0.1) is 0 Å². The molecule has 0 heterocycles. The molecule has 0 N–H and O–H groups in total. The number of carbonyl (C=O) groups excluding carboxylic acids is 1. The monoisotopic (exact) mass is 292 g/mol. The molecule has 0 rings (SSSR count). The molecule has 0 aromatic carbocycles. The third-order valence-corrected chi connectivity index (χ3v) is 5.04. The molecule has 0 aromatic rings. The molecule has 0 radical (unpaired) electrons. The average molecular weight is 292 g/mol. The summed E-state index contributed by atoms with van der Waals surface area (Å²) in [7, 11) is -3.73. The lowest BCUT2D eigenvalue weighted by molar-refractivity contribution is -0.133. The SMILES string of the molecule is CCCCCCCCC(CC)S(=O)(=O)OC(=O)CC. The van der Waals surface area contributed by atoms with Crippen LogP contribution in [0.3, 0.4) is 0 Å². The van der Waals surface area contributed by atoms with Gasteiger partial charge in [0.05, 0.1) is 5.25 Å². The Bertz CT molecular complexity index is 335. The first-order valence-electron chi connectivity index (χ1n) is 7.44. The highest BCUT2D eigenvalue weighted by Gasteiger charge is 2.26. The van der Waals surface area contributed by atoms with Crippen LogP contribution < -0.4 is 0 Å². The van der Waals surface area contributed by atoms with Crippen molar-refractivity contribution < 1.29 is 17.4 Å². The molecular weight excluding hydrogens is 264 g/mol. The Morgan fingerprint density at radius 1 is 1.00 bits per heavy atom. The van der Waals surface area contributed by atoms with Crippen LogP contribution in [0.15, 0.2) is 0 Å². The van der Waals surface area contributed by atoms with Gasteiger partial charge in [-0.1, -0.05) is 59.3 Å². The van der Waals surface area contributed by atoms with E-state index in [9.17, 15) is 13.2 Å². The van der Waals surface area contributed by atoms with Crippen molar-refractivity contribution in [2.24, 2.45) is 0 Å². The summed E-state index contributed by atoms with van der Waals surface area (Å²) in [5, 5.41) is -0.547. The molecule has 1 atom stereocenters. The quantitative estimate of drug-likeness (QED) is 0.429. The van der Waals surface area contributed by atoms with Gasteiger partial charge >= 0.3 is 16.1 Å². The summed E-state index contributed by atoms with van der Waals surface area (Å²) in [5.41, 5.74) is 0. The predicted octanol–water partition coefficient (Wildman–Crippen LogP) is 3.80. The second-order valence-corrected chi connectivity index (χ2v) is 6.71. The molecule has 0 bridgehead atoms. The van der Waals surface area contributed by atoms with E-state index in [0.717, 1.165) is 19.3 Å². The Morgan fingerprint density at radius 3 is 2.11 bits per heavy atom. The molecule has 0 aromatic heterocycles. The molecule has 0 aliphatic rings. The van der Waals surface area contributed by atoms with E-state index in [1.165, 1.54) is 19.3 Å². The smallest absolute Gasteiger partial charge is 0.321 e. The van der Waals surface area contributed by atoms with Gasteiger partial charge in [0.25, 0.3) is 0 Å². The molecule has 0 spiro atoms. The van der Waals surface area contributed by atoms with Crippen LogP contribution in [0.4, 0.5) is 0 Å². The summed E-state index contributed by atoms with van der Waals surface area (Å²) in [6, 6.07) is 0. The van der Waals surface area contributed by atoms with E-state index in [1.807, 2.05) is 6.92 Å². The molecule has 0 fully saturated rings. The molecule has 0 saturated carbocycles. The van der Waals surface area contributed by atoms with Gasteiger partial charge in [-0.3, -0.25) is 4.79 Å². The molecular formula is C14H28O4S. The molecule has 0 saturated heterocycles. The van der Waals surface area contributed by atoms with E-state index in [-0.39, 0.29) is 6.42 Å². The summed E-state index contributed by atoms with van der Waals surface area (Å²) in [5.74, 6) is -0.665. The van der Waals surface area contributed by atoms with E-state index >= 15 is 0 Å². The Kier molecular flexibility index (Phi) is 9.92. The second kappa shape index (κ2) is 10.2. The fourth-order valence-electron chi connectivity index (χ4n) is 1.96. The van der Waals surface area contributed by atoms with Gasteiger partial charge in [0.2, 0.25) is 0 Å². The summed E-state index contributed by atoms with van der Waals surface area (Å²) >= 11 is 0.